The van der Waals surface area contributed by atoms with E-state index in [1.807, 2.05) is 0 Å². The zero-order valence-corrected chi connectivity index (χ0v) is 12.9. The van der Waals surface area contributed by atoms with Gasteiger partial charge in [-0.3, -0.25) is 4.79 Å². The van der Waals surface area contributed by atoms with E-state index < -0.39 is 23.8 Å². The van der Waals surface area contributed by atoms with Gasteiger partial charge >= 0.3 is 0 Å². The zero-order chi connectivity index (χ0) is 17.3. The number of nitrogens with one attached hydrogen (secondary N) is 1. The molecule has 0 radical (unpaired) electrons. The Labute approximate surface area is 137 Å². The molecule has 2 N–H and O–H groups in total. The lowest BCUT2D eigenvalue weighted by atomic mass is 10.0. The maximum Gasteiger partial charge on any atom is 0.271 e. The van der Waals surface area contributed by atoms with Crippen LogP contribution in [0.25, 0.3) is 0 Å². The largest absolute Gasteiger partial charge is 0.391 e. The Morgan fingerprint density at radius 1 is 1.29 bits per heavy atom. The number of carbonyl (C=O) groups excluding carboxylic acids is 1. The van der Waals surface area contributed by atoms with E-state index >= 15 is 0 Å². The first kappa shape index (κ1) is 16.3. The molecule has 2 aromatic rings. The molecule has 1 aliphatic heterocycles. The first-order valence-electron chi connectivity index (χ1n) is 7.45. The van der Waals surface area contributed by atoms with Gasteiger partial charge in [0.1, 0.15) is 11.6 Å². The number of aromatic nitrogens is 2. The van der Waals surface area contributed by atoms with E-state index in [0.29, 0.717) is 5.82 Å². The molecule has 0 aliphatic carbocycles. The molecule has 0 spiro atoms. The van der Waals surface area contributed by atoms with E-state index in [-0.39, 0.29) is 30.1 Å². The number of halogens is 2. The molecule has 2 unspecified atom stereocenters. The van der Waals surface area contributed by atoms with Crippen LogP contribution in [0, 0.1) is 11.6 Å². The topological polar surface area (TPSA) is 78.4 Å². The van der Waals surface area contributed by atoms with Gasteiger partial charge in [-0.2, -0.15) is 0 Å². The third-order valence-electron chi connectivity index (χ3n) is 4.00. The second kappa shape index (κ2) is 6.48. The van der Waals surface area contributed by atoms with Crippen molar-refractivity contribution in [2.75, 3.05) is 18.5 Å². The molecular weight excluding hydrogens is 318 g/mol. The third kappa shape index (κ3) is 3.05. The number of β-amino-alcohol motifs (C(OH)–C–C–N with tert-alkyl or cyclic N) is 1. The normalized spacial score (nSPS) is 20.2. The second-order valence-electron chi connectivity index (χ2n) is 5.58. The first-order valence-corrected chi connectivity index (χ1v) is 7.45. The lowest BCUT2D eigenvalue weighted by Gasteiger charge is -2.25. The maximum absolute atomic E-state index is 14.1. The first-order chi connectivity index (χ1) is 11.5. The predicted molar refractivity (Wildman–Crippen MR) is 82.5 cm³/mol. The van der Waals surface area contributed by atoms with Gasteiger partial charge in [0.25, 0.3) is 5.91 Å². The highest BCUT2D eigenvalue weighted by Crippen LogP contribution is 2.36. The van der Waals surface area contributed by atoms with Crippen LogP contribution in [0.3, 0.4) is 0 Å². The number of hydrogen-bond donors (Lipinski definition) is 2. The summed E-state index contributed by atoms with van der Waals surface area (Å²) in [4.78, 5) is 13.2. The Morgan fingerprint density at radius 2 is 2.08 bits per heavy atom. The number of aliphatic hydroxyl groups excluding tert-OH is 1. The highest BCUT2D eigenvalue weighted by atomic mass is 19.1. The molecular formula is C16H16F2N4O2. The van der Waals surface area contributed by atoms with Gasteiger partial charge in [-0.25, -0.2) is 8.78 Å². The minimum atomic E-state index is -0.696. The van der Waals surface area contributed by atoms with Crippen molar-refractivity contribution < 1.29 is 18.7 Å². The molecule has 2 heterocycles. The van der Waals surface area contributed by atoms with E-state index in [0.717, 1.165) is 18.2 Å². The number of benzene rings is 1. The SMILES string of the molecule is CNC(=O)c1ccc(N2CC(O)CC2c2cc(F)ccc2F)nn1. The summed E-state index contributed by atoms with van der Waals surface area (Å²) in [7, 11) is 1.48. The monoisotopic (exact) mass is 334 g/mol. The van der Waals surface area contributed by atoms with Gasteiger partial charge in [0, 0.05) is 19.2 Å². The minimum absolute atomic E-state index is 0.148. The number of nitrogens with zero attached hydrogens (tertiary/aromatic N) is 3. The van der Waals surface area contributed by atoms with Crippen molar-refractivity contribution in [3.8, 4) is 0 Å². The average molecular weight is 334 g/mol. The smallest absolute Gasteiger partial charge is 0.271 e. The summed E-state index contributed by atoms with van der Waals surface area (Å²) in [6.07, 6.45) is -0.447. The molecule has 1 amide bonds. The lowest BCUT2D eigenvalue weighted by molar-refractivity contribution is 0.0957. The highest BCUT2D eigenvalue weighted by Gasteiger charge is 2.35. The fourth-order valence-electron chi connectivity index (χ4n) is 2.86. The van der Waals surface area contributed by atoms with E-state index in [2.05, 4.69) is 15.5 Å². The fourth-order valence-corrected chi connectivity index (χ4v) is 2.86. The average Bonchev–Trinajstić information content (AvgIpc) is 2.98. The highest BCUT2D eigenvalue weighted by molar-refractivity contribution is 5.91. The summed E-state index contributed by atoms with van der Waals surface area (Å²) < 4.78 is 27.6. The van der Waals surface area contributed by atoms with Crippen LogP contribution in [-0.4, -0.2) is 40.9 Å². The van der Waals surface area contributed by atoms with Crippen molar-refractivity contribution in [1.82, 2.24) is 15.5 Å². The van der Waals surface area contributed by atoms with Gasteiger partial charge in [0.15, 0.2) is 11.5 Å². The van der Waals surface area contributed by atoms with Gasteiger partial charge < -0.3 is 15.3 Å². The number of anilines is 1. The van der Waals surface area contributed by atoms with Crippen LogP contribution in [0.15, 0.2) is 30.3 Å². The summed E-state index contributed by atoms with van der Waals surface area (Å²) in [5.74, 6) is -1.08. The van der Waals surface area contributed by atoms with Crippen LogP contribution in [0.2, 0.25) is 0 Å². The maximum atomic E-state index is 14.1. The van der Waals surface area contributed by atoms with Crippen LogP contribution in [0.4, 0.5) is 14.6 Å². The van der Waals surface area contributed by atoms with Crippen LogP contribution < -0.4 is 10.2 Å². The Bertz CT molecular complexity index is 754. The Balaban J connectivity index is 1.93. The summed E-state index contributed by atoms with van der Waals surface area (Å²) in [6, 6.07) is 5.73. The molecule has 126 valence electrons. The number of amides is 1. The third-order valence-corrected chi connectivity index (χ3v) is 4.00. The number of hydrogen-bond acceptors (Lipinski definition) is 5. The van der Waals surface area contributed by atoms with Gasteiger partial charge in [-0.1, -0.05) is 0 Å². The summed E-state index contributed by atoms with van der Waals surface area (Å²) >= 11 is 0. The lowest BCUT2D eigenvalue weighted by Crippen LogP contribution is -2.27. The van der Waals surface area contributed by atoms with Gasteiger partial charge in [-0.15, -0.1) is 10.2 Å². The molecule has 1 aromatic carbocycles. The van der Waals surface area contributed by atoms with E-state index in [1.165, 1.54) is 13.1 Å². The predicted octanol–water partition coefficient (Wildman–Crippen LogP) is 1.43. The van der Waals surface area contributed by atoms with Crippen molar-refractivity contribution in [2.45, 2.75) is 18.6 Å². The molecule has 1 saturated heterocycles. The number of rotatable bonds is 3. The zero-order valence-electron chi connectivity index (χ0n) is 12.9. The van der Waals surface area contributed by atoms with E-state index in [4.69, 9.17) is 0 Å². The molecule has 1 aliphatic rings. The van der Waals surface area contributed by atoms with Crippen molar-refractivity contribution >= 4 is 11.7 Å². The van der Waals surface area contributed by atoms with Crippen LogP contribution in [0.5, 0.6) is 0 Å². The minimum Gasteiger partial charge on any atom is -0.391 e. The van der Waals surface area contributed by atoms with Crippen LogP contribution >= 0.6 is 0 Å². The van der Waals surface area contributed by atoms with Crippen molar-refractivity contribution in [1.29, 1.82) is 0 Å². The number of aliphatic hydroxyl groups is 1. The second-order valence-corrected chi connectivity index (χ2v) is 5.58. The van der Waals surface area contributed by atoms with Gasteiger partial charge in [0.05, 0.1) is 12.1 Å². The molecule has 3 rings (SSSR count). The summed E-state index contributed by atoms with van der Waals surface area (Å²) in [5.41, 5.74) is 0.304. The van der Waals surface area contributed by atoms with Gasteiger partial charge in [0.2, 0.25) is 0 Å². The Morgan fingerprint density at radius 3 is 2.75 bits per heavy atom. The molecule has 6 nitrogen and oxygen atoms in total. The molecule has 0 saturated carbocycles. The van der Waals surface area contributed by atoms with E-state index in [9.17, 15) is 18.7 Å². The van der Waals surface area contributed by atoms with E-state index in [1.54, 1.807) is 11.0 Å². The van der Waals surface area contributed by atoms with Gasteiger partial charge in [-0.05, 0) is 36.8 Å². The van der Waals surface area contributed by atoms with Crippen molar-refractivity contribution in [3.05, 3.63) is 53.2 Å². The summed E-state index contributed by atoms with van der Waals surface area (Å²) in [5, 5.41) is 20.2. The number of carbonyl (C=O) groups is 1. The fraction of sp³-hybridized carbons (Fsp3) is 0.312. The Hall–Kier alpha value is -2.61. The van der Waals surface area contributed by atoms with Crippen molar-refractivity contribution in [3.63, 3.8) is 0 Å². The molecule has 2 atom stereocenters. The van der Waals surface area contributed by atoms with Crippen molar-refractivity contribution in [2.24, 2.45) is 0 Å². The summed E-state index contributed by atoms with van der Waals surface area (Å²) in [6.45, 7) is 0.217. The molecule has 1 aromatic heterocycles. The quantitative estimate of drug-likeness (QED) is 0.888. The standard InChI is InChI=1S/C16H16F2N4O2/c1-19-16(24)13-4-5-15(21-20-13)22-8-10(23)7-14(22)11-6-9(17)2-3-12(11)18/h2-6,10,14,23H,7-8H2,1H3,(H,19,24). The van der Waals surface area contributed by atoms with Crippen LogP contribution in [-0.2, 0) is 0 Å². The molecule has 8 heteroatoms. The Kier molecular flexibility index (Phi) is 4.39. The molecule has 0 bridgehead atoms. The molecule has 24 heavy (non-hydrogen) atoms. The van der Waals surface area contributed by atoms with Crippen LogP contribution in [0.1, 0.15) is 28.5 Å². The molecule has 1 fully saturated rings.